The SMILES string of the molecule is O=C(CSc1ccc(F)c(F)c1)Nc1ccc(S(=O)(=O)N2CCCCCC2)cc1. The fourth-order valence-electron chi connectivity index (χ4n) is 3.05. The second-order valence-electron chi connectivity index (χ2n) is 6.76. The molecule has 0 radical (unpaired) electrons. The normalized spacial score (nSPS) is 15.7. The molecule has 1 amide bonds. The van der Waals surface area contributed by atoms with E-state index in [-0.39, 0.29) is 16.6 Å². The van der Waals surface area contributed by atoms with Gasteiger partial charge in [-0.15, -0.1) is 11.8 Å². The molecule has 0 aromatic heterocycles. The van der Waals surface area contributed by atoms with Crippen LogP contribution in [-0.4, -0.2) is 37.5 Å². The van der Waals surface area contributed by atoms with Gasteiger partial charge in [-0.05, 0) is 55.3 Å². The second kappa shape index (κ2) is 9.69. The molecule has 1 N–H and O–H groups in total. The van der Waals surface area contributed by atoms with Crippen molar-refractivity contribution in [3.05, 3.63) is 54.1 Å². The Hall–Kier alpha value is -1.97. The zero-order valence-corrected chi connectivity index (χ0v) is 17.4. The fraction of sp³-hybridized carbons (Fsp3) is 0.350. The van der Waals surface area contributed by atoms with Gasteiger partial charge in [0, 0.05) is 23.7 Å². The predicted octanol–water partition coefficient (Wildman–Crippen LogP) is 4.26. The molecular formula is C20H22F2N2O3S2. The number of rotatable bonds is 6. The Morgan fingerprint density at radius 1 is 0.966 bits per heavy atom. The van der Waals surface area contributed by atoms with Crippen molar-refractivity contribution < 1.29 is 22.0 Å². The van der Waals surface area contributed by atoms with Crippen molar-refractivity contribution >= 4 is 33.4 Å². The first-order valence-electron chi connectivity index (χ1n) is 9.34. The van der Waals surface area contributed by atoms with Gasteiger partial charge in [-0.2, -0.15) is 4.31 Å². The van der Waals surface area contributed by atoms with Crippen LogP contribution in [0.2, 0.25) is 0 Å². The summed E-state index contributed by atoms with van der Waals surface area (Å²) in [5.74, 6) is -2.22. The van der Waals surface area contributed by atoms with E-state index in [0.717, 1.165) is 49.6 Å². The summed E-state index contributed by atoms with van der Waals surface area (Å²) in [4.78, 5) is 12.7. The zero-order chi connectivity index (χ0) is 20.9. The third-order valence-corrected chi connectivity index (χ3v) is 7.51. The highest BCUT2D eigenvalue weighted by molar-refractivity contribution is 8.00. The van der Waals surface area contributed by atoms with Crippen LogP contribution in [0, 0.1) is 11.6 Å². The van der Waals surface area contributed by atoms with Gasteiger partial charge >= 0.3 is 0 Å². The van der Waals surface area contributed by atoms with Gasteiger partial charge in [-0.25, -0.2) is 17.2 Å². The number of hydrogen-bond acceptors (Lipinski definition) is 4. The Bertz CT molecular complexity index is 958. The number of nitrogens with one attached hydrogen (secondary N) is 1. The van der Waals surface area contributed by atoms with Gasteiger partial charge < -0.3 is 5.32 Å². The van der Waals surface area contributed by atoms with Gasteiger partial charge in [0.2, 0.25) is 15.9 Å². The van der Waals surface area contributed by atoms with E-state index in [1.54, 1.807) is 12.1 Å². The minimum atomic E-state index is -3.53. The minimum absolute atomic E-state index is 0.0128. The highest BCUT2D eigenvalue weighted by atomic mass is 32.2. The van der Waals surface area contributed by atoms with Crippen LogP contribution in [0.5, 0.6) is 0 Å². The van der Waals surface area contributed by atoms with Gasteiger partial charge in [-0.1, -0.05) is 12.8 Å². The molecule has 0 atom stereocenters. The molecule has 0 unspecified atom stereocenters. The van der Waals surface area contributed by atoms with Crippen LogP contribution in [0.15, 0.2) is 52.3 Å². The monoisotopic (exact) mass is 440 g/mol. The van der Waals surface area contributed by atoms with Gasteiger partial charge in [0.15, 0.2) is 11.6 Å². The van der Waals surface area contributed by atoms with Crippen LogP contribution in [0.3, 0.4) is 0 Å². The first kappa shape index (κ1) is 21.7. The van der Waals surface area contributed by atoms with E-state index in [0.29, 0.717) is 23.7 Å². The molecule has 0 saturated carbocycles. The highest BCUT2D eigenvalue weighted by Crippen LogP contribution is 2.23. The van der Waals surface area contributed by atoms with E-state index in [2.05, 4.69) is 5.32 Å². The van der Waals surface area contributed by atoms with Crippen LogP contribution < -0.4 is 5.32 Å². The maximum absolute atomic E-state index is 13.2. The molecule has 1 fully saturated rings. The quantitative estimate of drug-likeness (QED) is 0.682. The summed E-state index contributed by atoms with van der Waals surface area (Å²) in [6, 6.07) is 9.51. The summed E-state index contributed by atoms with van der Waals surface area (Å²) in [5, 5.41) is 2.67. The molecule has 2 aromatic rings. The number of thioether (sulfide) groups is 1. The molecule has 2 aromatic carbocycles. The Kier molecular flexibility index (Phi) is 7.26. The van der Waals surface area contributed by atoms with Crippen LogP contribution >= 0.6 is 11.8 Å². The molecule has 1 aliphatic heterocycles. The van der Waals surface area contributed by atoms with Gasteiger partial charge in [-0.3, -0.25) is 4.79 Å². The van der Waals surface area contributed by atoms with Crippen molar-refractivity contribution in [2.45, 2.75) is 35.5 Å². The largest absolute Gasteiger partial charge is 0.325 e. The van der Waals surface area contributed by atoms with E-state index in [4.69, 9.17) is 0 Å². The molecular weight excluding hydrogens is 418 g/mol. The second-order valence-corrected chi connectivity index (χ2v) is 9.74. The number of anilines is 1. The molecule has 9 heteroatoms. The smallest absolute Gasteiger partial charge is 0.243 e. The molecule has 0 aliphatic carbocycles. The molecule has 1 heterocycles. The third-order valence-electron chi connectivity index (χ3n) is 4.60. The average Bonchev–Trinajstić information content (AvgIpc) is 2.99. The van der Waals surface area contributed by atoms with E-state index in [1.807, 2.05) is 0 Å². The lowest BCUT2D eigenvalue weighted by Gasteiger charge is -2.20. The fourth-order valence-corrected chi connectivity index (χ4v) is 5.29. The molecule has 1 saturated heterocycles. The number of sulfonamides is 1. The van der Waals surface area contributed by atoms with Gasteiger partial charge in [0.1, 0.15) is 0 Å². The van der Waals surface area contributed by atoms with Crippen LogP contribution in [-0.2, 0) is 14.8 Å². The zero-order valence-electron chi connectivity index (χ0n) is 15.7. The first-order chi connectivity index (χ1) is 13.9. The first-order valence-corrected chi connectivity index (χ1v) is 11.8. The van der Waals surface area contributed by atoms with Crippen molar-refractivity contribution in [1.29, 1.82) is 0 Å². The number of halogens is 2. The summed E-state index contributed by atoms with van der Waals surface area (Å²) in [7, 11) is -3.53. The molecule has 1 aliphatic rings. The molecule has 156 valence electrons. The van der Waals surface area contributed by atoms with Crippen molar-refractivity contribution in [2.75, 3.05) is 24.2 Å². The van der Waals surface area contributed by atoms with E-state index in [1.165, 1.54) is 22.5 Å². The van der Waals surface area contributed by atoms with Crippen molar-refractivity contribution in [3.8, 4) is 0 Å². The average molecular weight is 441 g/mol. The van der Waals surface area contributed by atoms with E-state index >= 15 is 0 Å². The van der Waals surface area contributed by atoms with Crippen LogP contribution in [0.25, 0.3) is 0 Å². The lowest BCUT2D eigenvalue weighted by Crippen LogP contribution is -2.31. The van der Waals surface area contributed by atoms with E-state index in [9.17, 15) is 22.0 Å². The van der Waals surface area contributed by atoms with Crippen molar-refractivity contribution in [1.82, 2.24) is 4.31 Å². The maximum Gasteiger partial charge on any atom is 0.243 e. The summed E-state index contributed by atoms with van der Waals surface area (Å²) < 4.78 is 53.2. The van der Waals surface area contributed by atoms with Gasteiger partial charge in [0.05, 0.1) is 10.6 Å². The number of benzene rings is 2. The number of carbonyl (C=O) groups is 1. The Balaban J connectivity index is 1.58. The molecule has 3 rings (SSSR count). The predicted molar refractivity (Wildman–Crippen MR) is 109 cm³/mol. The number of amides is 1. The maximum atomic E-state index is 13.2. The number of nitrogens with zero attached hydrogens (tertiary/aromatic N) is 1. The summed E-state index contributed by atoms with van der Waals surface area (Å²) in [6.07, 6.45) is 3.81. The van der Waals surface area contributed by atoms with Crippen LogP contribution in [0.4, 0.5) is 14.5 Å². The lowest BCUT2D eigenvalue weighted by molar-refractivity contribution is -0.113. The number of hydrogen-bond donors (Lipinski definition) is 1. The van der Waals surface area contributed by atoms with Crippen molar-refractivity contribution in [2.24, 2.45) is 0 Å². The minimum Gasteiger partial charge on any atom is -0.325 e. The molecule has 5 nitrogen and oxygen atoms in total. The highest BCUT2D eigenvalue weighted by Gasteiger charge is 2.24. The standard InChI is InChI=1S/C20H22F2N2O3S2/c21-18-10-7-16(13-19(18)22)28-14-20(25)23-15-5-8-17(9-6-15)29(26,27)24-11-3-1-2-4-12-24/h5-10,13H,1-4,11-12,14H2,(H,23,25). The topological polar surface area (TPSA) is 66.5 Å². The third kappa shape index (κ3) is 5.77. The lowest BCUT2D eigenvalue weighted by atomic mass is 10.2. The summed E-state index contributed by atoms with van der Waals surface area (Å²) >= 11 is 1.08. The van der Waals surface area contributed by atoms with Crippen LogP contribution in [0.1, 0.15) is 25.7 Å². The Morgan fingerprint density at radius 3 is 2.24 bits per heavy atom. The Morgan fingerprint density at radius 2 is 1.62 bits per heavy atom. The molecule has 0 bridgehead atoms. The van der Waals surface area contributed by atoms with Gasteiger partial charge in [0.25, 0.3) is 0 Å². The molecule has 0 spiro atoms. The molecule has 29 heavy (non-hydrogen) atoms. The summed E-state index contributed by atoms with van der Waals surface area (Å²) in [5.41, 5.74) is 0.468. The van der Waals surface area contributed by atoms with E-state index < -0.39 is 21.7 Å². The van der Waals surface area contributed by atoms with Crippen molar-refractivity contribution in [3.63, 3.8) is 0 Å². The summed E-state index contributed by atoms with van der Waals surface area (Å²) in [6.45, 7) is 1.06. The number of carbonyl (C=O) groups excluding carboxylic acids is 1. The Labute approximate surface area is 173 Å².